The van der Waals surface area contributed by atoms with Gasteiger partial charge in [0.25, 0.3) is 5.91 Å². The van der Waals surface area contributed by atoms with Crippen LogP contribution in [0.2, 0.25) is 0 Å². The second-order valence-electron chi connectivity index (χ2n) is 4.25. The van der Waals surface area contributed by atoms with Crippen LogP contribution in [0.1, 0.15) is 17.3 Å². The molecule has 0 bridgehead atoms. The zero-order valence-corrected chi connectivity index (χ0v) is 10.9. The molecule has 0 aliphatic rings. The Kier molecular flexibility index (Phi) is 3.12. The number of hydrogen-bond acceptors (Lipinski definition) is 4. The van der Waals surface area contributed by atoms with Crippen LogP contribution in [0.15, 0.2) is 43.0 Å². The van der Waals surface area contributed by atoms with Crippen molar-refractivity contribution in [3.05, 3.63) is 48.5 Å². The fraction of sp³-hybridized carbons (Fsp3) is 0.143. The van der Waals surface area contributed by atoms with Crippen molar-refractivity contribution < 1.29 is 4.79 Å². The maximum atomic E-state index is 12.1. The number of nitrogens with zero attached hydrogens (tertiary/aromatic N) is 4. The Morgan fingerprint density at radius 3 is 2.75 bits per heavy atom. The van der Waals surface area contributed by atoms with E-state index in [0.717, 1.165) is 6.54 Å². The first-order valence-corrected chi connectivity index (χ1v) is 6.32. The Labute approximate surface area is 115 Å². The molecule has 0 aliphatic carbocycles. The van der Waals surface area contributed by atoms with Gasteiger partial charge in [-0.1, -0.05) is 18.2 Å². The molecule has 2 aromatic heterocycles. The van der Waals surface area contributed by atoms with E-state index in [1.54, 1.807) is 18.5 Å². The van der Waals surface area contributed by atoms with Crippen LogP contribution in [-0.4, -0.2) is 25.4 Å². The van der Waals surface area contributed by atoms with Gasteiger partial charge in [-0.2, -0.15) is 0 Å². The number of aromatic nitrogens is 4. The maximum Gasteiger partial charge on any atom is 0.256 e. The fourth-order valence-corrected chi connectivity index (χ4v) is 1.97. The maximum absolute atomic E-state index is 12.1. The predicted molar refractivity (Wildman–Crippen MR) is 75.4 cm³/mol. The Hall–Kier alpha value is -2.76. The zero-order valence-electron chi connectivity index (χ0n) is 10.9. The Morgan fingerprint density at radius 2 is 2.00 bits per heavy atom. The number of hydrogen-bond donors (Lipinski definition) is 1. The van der Waals surface area contributed by atoms with Crippen LogP contribution >= 0.6 is 0 Å². The van der Waals surface area contributed by atoms with E-state index in [2.05, 4.69) is 20.3 Å². The minimum absolute atomic E-state index is 0.211. The van der Waals surface area contributed by atoms with E-state index in [4.69, 9.17) is 0 Å². The van der Waals surface area contributed by atoms with Gasteiger partial charge in [0.15, 0.2) is 17.0 Å². The standard InChI is InChI=1S/C14H13N5O/c1-2-19-9-17-11-12(15-8-16-13(11)19)18-14(20)10-6-4-3-5-7-10/h3-9H,2H2,1H3,(H,15,16,18,20). The molecule has 20 heavy (non-hydrogen) atoms. The molecule has 0 unspecified atom stereocenters. The van der Waals surface area contributed by atoms with Gasteiger partial charge in [0.2, 0.25) is 0 Å². The summed E-state index contributed by atoms with van der Waals surface area (Å²) in [6, 6.07) is 8.99. The molecule has 0 fully saturated rings. The third-order valence-electron chi connectivity index (χ3n) is 3.01. The van der Waals surface area contributed by atoms with Gasteiger partial charge in [0, 0.05) is 12.1 Å². The van der Waals surface area contributed by atoms with Crippen LogP contribution in [0.4, 0.5) is 5.82 Å². The summed E-state index contributed by atoms with van der Waals surface area (Å²) >= 11 is 0. The lowest BCUT2D eigenvalue weighted by atomic mass is 10.2. The highest BCUT2D eigenvalue weighted by atomic mass is 16.1. The van der Waals surface area contributed by atoms with E-state index in [1.165, 1.54) is 6.33 Å². The van der Waals surface area contributed by atoms with Crippen LogP contribution in [0.3, 0.4) is 0 Å². The molecule has 1 aromatic carbocycles. The zero-order chi connectivity index (χ0) is 13.9. The molecule has 0 saturated carbocycles. The van der Waals surface area contributed by atoms with Crippen molar-refractivity contribution in [1.29, 1.82) is 0 Å². The topological polar surface area (TPSA) is 72.7 Å². The third-order valence-corrected chi connectivity index (χ3v) is 3.01. The average molecular weight is 267 g/mol. The predicted octanol–water partition coefficient (Wildman–Crippen LogP) is 2.10. The van der Waals surface area contributed by atoms with E-state index in [-0.39, 0.29) is 5.91 Å². The fourth-order valence-electron chi connectivity index (χ4n) is 1.97. The normalized spacial score (nSPS) is 10.7. The summed E-state index contributed by atoms with van der Waals surface area (Å²) in [5, 5.41) is 2.77. The summed E-state index contributed by atoms with van der Waals surface area (Å²) in [7, 11) is 0. The molecule has 3 rings (SSSR count). The molecule has 3 aromatic rings. The lowest BCUT2D eigenvalue weighted by Crippen LogP contribution is -2.13. The molecule has 0 saturated heterocycles. The highest BCUT2D eigenvalue weighted by Gasteiger charge is 2.12. The van der Waals surface area contributed by atoms with E-state index in [0.29, 0.717) is 22.5 Å². The van der Waals surface area contributed by atoms with Crippen molar-refractivity contribution in [3.63, 3.8) is 0 Å². The SMILES string of the molecule is CCn1cnc2c(NC(=O)c3ccccc3)ncnc21. The van der Waals surface area contributed by atoms with Gasteiger partial charge in [-0.05, 0) is 19.1 Å². The van der Waals surface area contributed by atoms with E-state index in [9.17, 15) is 4.79 Å². The second-order valence-corrected chi connectivity index (χ2v) is 4.25. The molecular weight excluding hydrogens is 254 g/mol. The lowest BCUT2D eigenvalue weighted by Gasteiger charge is -2.05. The van der Waals surface area contributed by atoms with E-state index >= 15 is 0 Å². The van der Waals surface area contributed by atoms with Crippen molar-refractivity contribution in [2.45, 2.75) is 13.5 Å². The van der Waals surface area contributed by atoms with Crippen molar-refractivity contribution in [2.75, 3.05) is 5.32 Å². The van der Waals surface area contributed by atoms with E-state index < -0.39 is 0 Å². The van der Waals surface area contributed by atoms with Gasteiger partial charge in [-0.25, -0.2) is 15.0 Å². The molecule has 0 radical (unpaired) electrons. The van der Waals surface area contributed by atoms with Crippen LogP contribution < -0.4 is 5.32 Å². The molecule has 0 spiro atoms. The van der Waals surface area contributed by atoms with Gasteiger partial charge in [-0.3, -0.25) is 4.79 Å². The molecule has 0 aliphatic heterocycles. The number of benzene rings is 1. The highest BCUT2D eigenvalue weighted by molar-refractivity contribution is 6.06. The van der Waals surface area contributed by atoms with Gasteiger partial charge in [-0.15, -0.1) is 0 Å². The number of carbonyl (C=O) groups is 1. The molecular formula is C14H13N5O. The first-order valence-electron chi connectivity index (χ1n) is 6.32. The number of imidazole rings is 1. The molecule has 6 heteroatoms. The molecule has 100 valence electrons. The molecule has 6 nitrogen and oxygen atoms in total. The summed E-state index contributed by atoms with van der Waals surface area (Å²) in [5.74, 6) is 0.215. The number of rotatable bonds is 3. The van der Waals surface area contributed by atoms with Crippen molar-refractivity contribution >= 4 is 22.9 Å². The molecule has 1 N–H and O–H groups in total. The minimum atomic E-state index is -0.211. The van der Waals surface area contributed by atoms with Gasteiger partial charge in [0.05, 0.1) is 6.33 Å². The van der Waals surface area contributed by atoms with Crippen LogP contribution in [0.25, 0.3) is 11.2 Å². The number of amides is 1. The molecule has 0 atom stereocenters. The van der Waals surface area contributed by atoms with Gasteiger partial charge >= 0.3 is 0 Å². The average Bonchev–Trinajstić information content (AvgIpc) is 2.92. The van der Waals surface area contributed by atoms with Gasteiger partial charge in [0.1, 0.15) is 6.33 Å². The molecule has 1 amide bonds. The largest absolute Gasteiger partial charge is 0.315 e. The van der Waals surface area contributed by atoms with Crippen molar-refractivity contribution in [3.8, 4) is 0 Å². The highest BCUT2D eigenvalue weighted by Crippen LogP contribution is 2.17. The van der Waals surface area contributed by atoms with Crippen LogP contribution in [-0.2, 0) is 6.54 Å². The number of carbonyl (C=O) groups excluding carboxylic acids is 1. The monoisotopic (exact) mass is 267 g/mol. The van der Waals surface area contributed by atoms with Crippen LogP contribution in [0.5, 0.6) is 0 Å². The molecule has 2 heterocycles. The Bertz CT molecular complexity index is 751. The first kappa shape index (κ1) is 12.3. The van der Waals surface area contributed by atoms with E-state index in [1.807, 2.05) is 29.7 Å². The number of fused-ring (bicyclic) bond motifs is 1. The third kappa shape index (κ3) is 2.11. The summed E-state index contributed by atoms with van der Waals surface area (Å²) in [5.41, 5.74) is 1.89. The Balaban J connectivity index is 1.95. The summed E-state index contributed by atoms with van der Waals surface area (Å²) in [6.07, 6.45) is 3.12. The smallest absolute Gasteiger partial charge is 0.256 e. The minimum Gasteiger partial charge on any atom is -0.315 e. The summed E-state index contributed by atoms with van der Waals surface area (Å²) < 4.78 is 1.90. The number of anilines is 1. The second kappa shape index (κ2) is 5.08. The quantitative estimate of drug-likeness (QED) is 0.788. The summed E-state index contributed by atoms with van der Waals surface area (Å²) in [6.45, 7) is 2.77. The van der Waals surface area contributed by atoms with Crippen molar-refractivity contribution in [2.24, 2.45) is 0 Å². The van der Waals surface area contributed by atoms with Crippen LogP contribution in [0, 0.1) is 0 Å². The number of nitrogens with one attached hydrogen (secondary N) is 1. The summed E-state index contributed by atoms with van der Waals surface area (Å²) in [4.78, 5) is 24.7. The first-order chi connectivity index (χ1) is 9.79. The Morgan fingerprint density at radius 1 is 1.20 bits per heavy atom. The van der Waals surface area contributed by atoms with Crippen molar-refractivity contribution in [1.82, 2.24) is 19.5 Å². The van der Waals surface area contributed by atoms with Gasteiger partial charge < -0.3 is 9.88 Å². The lowest BCUT2D eigenvalue weighted by molar-refractivity contribution is 0.102. The number of aryl methyl sites for hydroxylation is 1.